The third kappa shape index (κ3) is 1.60. The molecule has 0 aromatic heterocycles. The number of hydrogen-bond acceptors (Lipinski definition) is 2. The van der Waals surface area contributed by atoms with Crippen LogP contribution in [-0.4, -0.2) is 11.7 Å². The van der Waals surface area contributed by atoms with E-state index in [1.807, 2.05) is 12.1 Å². The third-order valence-corrected chi connectivity index (χ3v) is 2.41. The molecule has 13 heavy (non-hydrogen) atoms. The average molecular weight is 197 g/mol. The Bertz CT molecular complexity index is 347. The van der Waals surface area contributed by atoms with Crippen molar-refractivity contribution < 1.29 is 9.53 Å². The fourth-order valence-corrected chi connectivity index (χ4v) is 1.58. The van der Waals surface area contributed by atoms with E-state index in [4.69, 9.17) is 16.3 Å². The highest BCUT2D eigenvalue weighted by molar-refractivity contribution is 6.30. The number of halogens is 1. The number of ketones is 1. The number of benzene rings is 1. The van der Waals surface area contributed by atoms with E-state index in [1.54, 1.807) is 6.07 Å². The van der Waals surface area contributed by atoms with Crippen LogP contribution in [0.5, 0.6) is 0 Å². The van der Waals surface area contributed by atoms with E-state index >= 15 is 0 Å². The van der Waals surface area contributed by atoms with Crippen LogP contribution in [0.4, 0.5) is 0 Å². The summed E-state index contributed by atoms with van der Waals surface area (Å²) in [6.45, 7) is 1.27. The van der Waals surface area contributed by atoms with Crippen molar-refractivity contribution in [1.82, 2.24) is 0 Å². The van der Waals surface area contributed by atoms with E-state index in [0.29, 0.717) is 18.8 Å². The first kappa shape index (κ1) is 8.73. The van der Waals surface area contributed by atoms with E-state index in [9.17, 15) is 4.79 Å². The molecule has 0 radical (unpaired) electrons. The molecule has 68 valence electrons. The van der Waals surface area contributed by atoms with Crippen molar-refractivity contribution in [2.45, 2.75) is 13.2 Å². The van der Waals surface area contributed by atoms with Gasteiger partial charge in [-0.3, -0.25) is 4.79 Å². The van der Waals surface area contributed by atoms with E-state index in [2.05, 4.69) is 0 Å². The fraction of sp³-hybridized carbons (Fsp3) is 0.300. The monoisotopic (exact) mass is 196 g/mol. The van der Waals surface area contributed by atoms with Gasteiger partial charge >= 0.3 is 0 Å². The zero-order chi connectivity index (χ0) is 9.26. The molecular formula is C10H9ClO2. The molecule has 0 fully saturated rings. The van der Waals surface area contributed by atoms with Crippen LogP contribution in [0.2, 0.25) is 0 Å². The number of ether oxygens (including phenoxy) is 1. The lowest BCUT2D eigenvalue weighted by molar-refractivity contribution is 0.102. The van der Waals surface area contributed by atoms with Crippen LogP contribution in [-0.2, 0) is 18.0 Å². The van der Waals surface area contributed by atoms with Gasteiger partial charge in [-0.25, -0.2) is 0 Å². The lowest BCUT2D eigenvalue weighted by Gasteiger charge is -2.00. The van der Waals surface area contributed by atoms with Crippen LogP contribution < -0.4 is 0 Å². The summed E-state index contributed by atoms with van der Waals surface area (Å²) in [7, 11) is 0. The SMILES string of the molecule is O=C(CCl)c1ccc2c(c1)COC2. The van der Waals surface area contributed by atoms with Crippen LogP contribution in [0, 0.1) is 0 Å². The molecule has 0 amide bonds. The topological polar surface area (TPSA) is 26.3 Å². The number of alkyl halides is 1. The molecule has 1 aromatic rings. The maximum absolute atomic E-state index is 11.2. The summed E-state index contributed by atoms with van der Waals surface area (Å²) in [5.74, 6) is 0.0102. The second-order valence-corrected chi connectivity index (χ2v) is 3.30. The van der Waals surface area contributed by atoms with Crippen LogP contribution >= 0.6 is 11.6 Å². The number of fused-ring (bicyclic) bond motifs is 1. The molecule has 0 bridgehead atoms. The number of Topliss-reactive ketones (excluding diaryl/α,β-unsaturated/α-hetero) is 1. The Hall–Kier alpha value is -0.860. The summed E-state index contributed by atoms with van der Waals surface area (Å²) in [5.41, 5.74) is 2.96. The molecule has 0 saturated carbocycles. The minimum atomic E-state index is -0.0311. The highest BCUT2D eigenvalue weighted by atomic mass is 35.5. The van der Waals surface area contributed by atoms with Crippen molar-refractivity contribution >= 4 is 17.4 Å². The summed E-state index contributed by atoms with van der Waals surface area (Å²) in [5, 5.41) is 0. The first-order valence-electron chi connectivity index (χ1n) is 4.10. The van der Waals surface area contributed by atoms with Crippen LogP contribution in [0.15, 0.2) is 18.2 Å². The molecule has 2 nitrogen and oxygen atoms in total. The second-order valence-electron chi connectivity index (χ2n) is 3.03. The summed E-state index contributed by atoms with van der Waals surface area (Å²) in [6, 6.07) is 5.60. The first-order chi connectivity index (χ1) is 6.31. The Balaban J connectivity index is 2.36. The highest BCUT2D eigenvalue weighted by Crippen LogP contribution is 2.21. The van der Waals surface area contributed by atoms with Crippen LogP contribution in [0.25, 0.3) is 0 Å². The van der Waals surface area contributed by atoms with Crippen molar-refractivity contribution in [2.75, 3.05) is 5.88 Å². The van der Waals surface area contributed by atoms with Crippen LogP contribution in [0.1, 0.15) is 21.5 Å². The first-order valence-corrected chi connectivity index (χ1v) is 4.63. The lowest BCUT2D eigenvalue weighted by Crippen LogP contribution is -2.00. The highest BCUT2D eigenvalue weighted by Gasteiger charge is 2.13. The van der Waals surface area contributed by atoms with Gasteiger partial charge in [0.1, 0.15) is 0 Å². The predicted octanol–water partition coefficient (Wildman–Crippen LogP) is 2.14. The number of rotatable bonds is 2. The number of hydrogen-bond donors (Lipinski definition) is 0. The van der Waals surface area contributed by atoms with Gasteiger partial charge < -0.3 is 4.74 Å². The third-order valence-electron chi connectivity index (χ3n) is 2.16. The number of carbonyl (C=O) groups is 1. The van der Waals surface area contributed by atoms with Gasteiger partial charge in [-0.05, 0) is 17.2 Å². The van der Waals surface area contributed by atoms with Gasteiger partial charge in [0.25, 0.3) is 0 Å². The molecule has 1 aliphatic rings. The van der Waals surface area contributed by atoms with Crippen molar-refractivity contribution in [2.24, 2.45) is 0 Å². The van der Waals surface area contributed by atoms with Gasteiger partial charge in [-0.2, -0.15) is 0 Å². The molecule has 0 N–H and O–H groups in total. The molecule has 0 saturated heterocycles. The Kier molecular flexibility index (Phi) is 2.34. The molecule has 1 aliphatic heterocycles. The summed E-state index contributed by atoms with van der Waals surface area (Å²) in [6.07, 6.45) is 0. The number of carbonyl (C=O) groups excluding carboxylic acids is 1. The van der Waals surface area contributed by atoms with Gasteiger partial charge in [-0.15, -0.1) is 11.6 Å². The lowest BCUT2D eigenvalue weighted by atomic mass is 10.0. The second kappa shape index (κ2) is 3.48. The summed E-state index contributed by atoms with van der Waals surface area (Å²) < 4.78 is 5.24. The molecule has 1 heterocycles. The minimum absolute atomic E-state index is 0.0311. The van der Waals surface area contributed by atoms with Crippen molar-refractivity contribution in [3.8, 4) is 0 Å². The van der Waals surface area contributed by atoms with Gasteiger partial charge in [0, 0.05) is 5.56 Å². The molecule has 2 rings (SSSR count). The maximum Gasteiger partial charge on any atom is 0.177 e. The fourth-order valence-electron chi connectivity index (χ4n) is 1.42. The molecule has 1 aromatic carbocycles. The summed E-state index contributed by atoms with van der Waals surface area (Å²) >= 11 is 5.46. The van der Waals surface area contributed by atoms with Gasteiger partial charge in [0.2, 0.25) is 0 Å². The maximum atomic E-state index is 11.2. The van der Waals surface area contributed by atoms with Crippen LogP contribution in [0.3, 0.4) is 0 Å². The Morgan fingerprint density at radius 2 is 2.15 bits per heavy atom. The quantitative estimate of drug-likeness (QED) is 0.535. The van der Waals surface area contributed by atoms with E-state index in [1.165, 1.54) is 5.56 Å². The van der Waals surface area contributed by atoms with Crippen molar-refractivity contribution in [3.05, 3.63) is 34.9 Å². The molecular weight excluding hydrogens is 188 g/mol. The van der Waals surface area contributed by atoms with E-state index in [-0.39, 0.29) is 11.7 Å². The average Bonchev–Trinajstić information content (AvgIpc) is 2.63. The molecule has 0 unspecified atom stereocenters. The van der Waals surface area contributed by atoms with Gasteiger partial charge in [-0.1, -0.05) is 12.1 Å². The van der Waals surface area contributed by atoms with Crippen molar-refractivity contribution in [1.29, 1.82) is 0 Å². The molecule has 0 aliphatic carbocycles. The zero-order valence-corrected chi connectivity index (χ0v) is 7.80. The van der Waals surface area contributed by atoms with E-state index < -0.39 is 0 Å². The minimum Gasteiger partial charge on any atom is -0.372 e. The van der Waals surface area contributed by atoms with Crippen molar-refractivity contribution in [3.63, 3.8) is 0 Å². The largest absolute Gasteiger partial charge is 0.372 e. The smallest absolute Gasteiger partial charge is 0.177 e. The molecule has 3 heteroatoms. The Morgan fingerprint density at radius 3 is 2.92 bits per heavy atom. The molecule has 0 spiro atoms. The van der Waals surface area contributed by atoms with Gasteiger partial charge in [0.15, 0.2) is 5.78 Å². The Labute approximate surface area is 81.5 Å². The standard InChI is InChI=1S/C10H9ClO2/c11-4-10(12)7-1-2-8-5-13-6-9(8)3-7/h1-3H,4-6H2. The van der Waals surface area contributed by atoms with E-state index in [0.717, 1.165) is 5.56 Å². The predicted molar refractivity (Wildman–Crippen MR) is 50.0 cm³/mol. The molecule has 0 atom stereocenters. The zero-order valence-electron chi connectivity index (χ0n) is 7.05. The Morgan fingerprint density at radius 1 is 1.38 bits per heavy atom. The summed E-state index contributed by atoms with van der Waals surface area (Å²) in [4.78, 5) is 11.2. The van der Waals surface area contributed by atoms with Gasteiger partial charge in [0.05, 0.1) is 19.1 Å². The normalized spacial score (nSPS) is 14.2.